The topological polar surface area (TPSA) is 61.2 Å². The number of ether oxygens (including phenoxy) is 1. The molecule has 0 N–H and O–H groups in total. The fourth-order valence-electron chi connectivity index (χ4n) is 1.72. The average Bonchev–Trinajstić information content (AvgIpc) is 2.82. The van der Waals surface area contributed by atoms with Gasteiger partial charge in [-0.1, -0.05) is 0 Å². The summed E-state index contributed by atoms with van der Waals surface area (Å²) in [6.07, 6.45) is 4.04. The molecule has 2 aromatic rings. The van der Waals surface area contributed by atoms with Crippen LogP contribution >= 0.6 is 0 Å². The van der Waals surface area contributed by atoms with E-state index in [1.165, 1.54) is 7.11 Å². The first-order valence-corrected chi connectivity index (χ1v) is 5.38. The van der Waals surface area contributed by atoms with E-state index in [9.17, 15) is 9.59 Å². The minimum atomic E-state index is -0.461. The van der Waals surface area contributed by atoms with E-state index < -0.39 is 5.97 Å². The Morgan fingerprint density at radius 1 is 1.33 bits per heavy atom. The Balaban J connectivity index is 2.39. The van der Waals surface area contributed by atoms with Crippen LogP contribution in [0.1, 0.15) is 26.5 Å². The van der Waals surface area contributed by atoms with E-state index >= 15 is 0 Å². The molecule has 0 aromatic carbocycles. The van der Waals surface area contributed by atoms with E-state index in [2.05, 4.69) is 9.72 Å². The lowest BCUT2D eigenvalue weighted by molar-refractivity contribution is 0.0589. The summed E-state index contributed by atoms with van der Waals surface area (Å²) >= 11 is 0. The molecule has 0 radical (unpaired) electrons. The molecule has 0 unspecified atom stereocenters. The number of hydrogen-bond acceptors (Lipinski definition) is 4. The van der Waals surface area contributed by atoms with Gasteiger partial charge in [0.2, 0.25) is 0 Å². The van der Waals surface area contributed by atoms with Crippen molar-refractivity contribution >= 4 is 12.3 Å². The van der Waals surface area contributed by atoms with Crippen LogP contribution in [0, 0.1) is 0 Å². The standard InChI is InChI=1S/C13H12N2O3/c1-18-13(17)12-3-2-11(9-16)15(12)8-10-4-6-14-7-5-10/h2-7,9H,8H2,1H3. The van der Waals surface area contributed by atoms with Crippen molar-refractivity contribution in [3.63, 3.8) is 0 Å². The second kappa shape index (κ2) is 5.27. The van der Waals surface area contributed by atoms with E-state index in [0.29, 0.717) is 24.2 Å². The summed E-state index contributed by atoms with van der Waals surface area (Å²) in [6.45, 7) is 0.425. The molecular weight excluding hydrogens is 232 g/mol. The summed E-state index contributed by atoms with van der Waals surface area (Å²) in [5.41, 5.74) is 1.75. The van der Waals surface area contributed by atoms with E-state index in [-0.39, 0.29) is 0 Å². The van der Waals surface area contributed by atoms with Gasteiger partial charge < -0.3 is 9.30 Å². The first-order chi connectivity index (χ1) is 8.76. The highest BCUT2D eigenvalue weighted by Crippen LogP contribution is 2.12. The number of rotatable bonds is 4. The van der Waals surface area contributed by atoms with Crippen LogP contribution in [0.4, 0.5) is 0 Å². The van der Waals surface area contributed by atoms with Crippen LogP contribution in [0.15, 0.2) is 36.7 Å². The first-order valence-electron chi connectivity index (χ1n) is 5.38. The van der Waals surface area contributed by atoms with Crippen LogP contribution in [0.3, 0.4) is 0 Å². The zero-order chi connectivity index (χ0) is 13.0. The first kappa shape index (κ1) is 12.0. The zero-order valence-electron chi connectivity index (χ0n) is 9.87. The summed E-state index contributed by atoms with van der Waals surface area (Å²) in [4.78, 5) is 26.5. The van der Waals surface area contributed by atoms with Crippen LogP contribution in [0.5, 0.6) is 0 Å². The lowest BCUT2D eigenvalue weighted by Crippen LogP contribution is -2.13. The predicted molar refractivity (Wildman–Crippen MR) is 64.5 cm³/mol. The molecule has 0 aliphatic heterocycles. The molecule has 0 aliphatic carbocycles. The van der Waals surface area contributed by atoms with Crippen molar-refractivity contribution in [3.8, 4) is 0 Å². The number of esters is 1. The highest BCUT2D eigenvalue weighted by molar-refractivity contribution is 5.89. The fraction of sp³-hybridized carbons (Fsp3) is 0.154. The van der Waals surface area contributed by atoms with Crippen LogP contribution in [-0.4, -0.2) is 28.9 Å². The number of nitrogens with zero attached hydrogens (tertiary/aromatic N) is 2. The van der Waals surface area contributed by atoms with Crippen LogP contribution in [0.25, 0.3) is 0 Å². The Bertz CT molecular complexity index is 561. The lowest BCUT2D eigenvalue weighted by atomic mass is 10.2. The second-order valence-electron chi connectivity index (χ2n) is 3.69. The molecule has 0 fully saturated rings. The largest absolute Gasteiger partial charge is 0.464 e. The molecule has 2 heterocycles. The van der Waals surface area contributed by atoms with Gasteiger partial charge in [-0.15, -0.1) is 0 Å². The van der Waals surface area contributed by atoms with Gasteiger partial charge >= 0.3 is 5.97 Å². The van der Waals surface area contributed by atoms with E-state index in [1.807, 2.05) is 12.1 Å². The van der Waals surface area contributed by atoms with Crippen LogP contribution < -0.4 is 0 Å². The molecule has 2 rings (SSSR count). The molecule has 0 saturated carbocycles. The monoisotopic (exact) mass is 244 g/mol. The average molecular weight is 244 g/mol. The Morgan fingerprint density at radius 2 is 2.06 bits per heavy atom. The maximum Gasteiger partial charge on any atom is 0.354 e. The molecule has 2 aromatic heterocycles. The van der Waals surface area contributed by atoms with Crippen LogP contribution in [-0.2, 0) is 11.3 Å². The Hall–Kier alpha value is -2.43. The Morgan fingerprint density at radius 3 is 2.67 bits per heavy atom. The molecular formula is C13H12N2O3. The number of hydrogen-bond donors (Lipinski definition) is 0. The number of carbonyl (C=O) groups excluding carboxylic acids is 2. The molecule has 0 bridgehead atoms. The summed E-state index contributed by atoms with van der Waals surface area (Å²) in [6, 6.07) is 6.84. The van der Waals surface area contributed by atoms with Gasteiger partial charge in [-0.05, 0) is 29.8 Å². The van der Waals surface area contributed by atoms with Crippen molar-refractivity contribution < 1.29 is 14.3 Å². The number of pyridine rings is 1. The summed E-state index contributed by atoms with van der Waals surface area (Å²) < 4.78 is 6.30. The van der Waals surface area contributed by atoms with Gasteiger partial charge in [0.1, 0.15) is 5.69 Å². The van der Waals surface area contributed by atoms with Crippen LogP contribution in [0.2, 0.25) is 0 Å². The molecule has 0 atom stereocenters. The number of aldehydes is 1. The van der Waals surface area contributed by atoms with Crippen molar-refractivity contribution in [2.45, 2.75) is 6.54 Å². The third kappa shape index (κ3) is 2.29. The van der Waals surface area contributed by atoms with Gasteiger partial charge in [-0.2, -0.15) is 0 Å². The van der Waals surface area contributed by atoms with E-state index in [1.54, 1.807) is 29.1 Å². The van der Waals surface area contributed by atoms with Gasteiger partial charge in [0.25, 0.3) is 0 Å². The summed E-state index contributed by atoms with van der Waals surface area (Å²) in [5.74, 6) is -0.461. The number of methoxy groups -OCH3 is 1. The second-order valence-corrected chi connectivity index (χ2v) is 3.69. The van der Waals surface area contributed by atoms with E-state index in [0.717, 1.165) is 5.56 Å². The molecule has 0 spiro atoms. The quantitative estimate of drug-likeness (QED) is 0.604. The zero-order valence-corrected chi connectivity index (χ0v) is 9.87. The van der Waals surface area contributed by atoms with Gasteiger partial charge in [0, 0.05) is 18.9 Å². The highest BCUT2D eigenvalue weighted by Gasteiger charge is 2.15. The smallest absolute Gasteiger partial charge is 0.354 e. The van der Waals surface area contributed by atoms with Crippen molar-refractivity contribution in [1.82, 2.24) is 9.55 Å². The minimum absolute atomic E-state index is 0.358. The molecule has 0 aliphatic rings. The van der Waals surface area contributed by atoms with Crippen molar-refractivity contribution in [2.75, 3.05) is 7.11 Å². The molecule has 18 heavy (non-hydrogen) atoms. The maximum absolute atomic E-state index is 11.6. The highest BCUT2D eigenvalue weighted by atomic mass is 16.5. The van der Waals surface area contributed by atoms with E-state index in [4.69, 9.17) is 0 Å². The molecule has 0 amide bonds. The van der Waals surface area contributed by atoms with Gasteiger partial charge in [-0.25, -0.2) is 4.79 Å². The summed E-state index contributed by atoms with van der Waals surface area (Å²) in [5, 5.41) is 0. The molecule has 5 nitrogen and oxygen atoms in total. The van der Waals surface area contributed by atoms with Crippen molar-refractivity contribution in [3.05, 3.63) is 53.6 Å². The molecule has 92 valence electrons. The Labute approximate surface area is 104 Å². The predicted octanol–water partition coefficient (Wildman–Crippen LogP) is 1.53. The molecule has 0 saturated heterocycles. The lowest BCUT2D eigenvalue weighted by Gasteiger charge is -2.09. The number of aromatic nitrogens is 2. The molecule has 5 heteroatoms. The Kier molecular flexibility index (Phi) is 3.52. The third-order valence-corrected chi connectivity index (χ3v) is 2.62. The normalized spacial score (nSPS) is 10.1. The summed E-state index contributed by atoms with van der Waals surface area (Å²) in [7, 11) is 1.31. The number of carbonyl (C=O) groups is 2. The SMILES string of the molecule is COC(=O)c1ccc(C=O)n1Cc1ccncc1. The minimum Gasteiger partial charge on any atom is -0.464 e. The van der Waals surface area contributed by atoms with Crippen molar-refractivity contribution in [1.29, 1.82) is 0 Å². The van der Waals surface area contributed by atoms with Crippen molar-refractivity contribution in [2.24, 2.45) is 0 Å². The van der Waals surface area contributed by atoms with Gasteiger partial charge in [0.15, 0.2) is 6.29 Å². The van der Waals surface area contributed by atoms with Gasteiger partial charge in [-0.3, -0.25) is 9.78 Å². The fourth-order valence-corrected chi connectivity index (χ4v) is 1.72. The van der Waals surface area contributed by atoms with Gasteiger partial charge in [0.05, 0.1) is 12.8 Å². The third-order valence-electron chi connectivity index (χ3n) is 2.62. The maximum atomic E-state index is 11.6.